The Morgan fingerprint density at radius 2 is 1.77 bits per heavy atom. The van der Waals surface area contributed by atoms with Crippen LogP contribution in [0.4, 0.5) is 10.3 Å². The quantitative estimate of drug-likeness (QED) is 0.749. The molecule has 1 amide bonds. The first kappa shape index (κ1) is 14.4. The Morgan fingerprint density at radius 3 is 2.45 bits per heavy atom. The van der Waals surface area contributed by atoms with Crippen molar-refractivity contribution in [3.8, 4) is 11.4 Å². The van der Waals surface area contributed by atoms with E-state index in [2.05, 4.69) is 36.4 Å². The molecule has 3 aromatic rings. The molecule has 0 unspecified atom stereocenters. The van der Waals surface area contributed by atoms with Gasteiger partial charge in [0.1, 0.15) is 5.82 Å². The summed E-state index contributed by atoms with van der Waals surface area (Å²) in [6, 6.07) is 12.7. The number of anilines is 1. The molecule has 110 valence electrons. The van der Waals surface area contributed by atoms with Crippen LogP contribution in [0.25, 0.3) is 11.4 Å². The van der Waals surface area contributed by atoms with Crippen molar-refractivity contribution < 1.29 is 9.18 Å². The Kier molecular flexibility index (Phi) is 3.97. The lowest BCUT2D eigenvalue weighted by atomic mass is 10.2. The van der Waals surface area contributed by atoms with Crippen LogP contribution in [0.2, 0.25) is 0 Å². The third-order valence-corrected chi connectivity index (χ3v) is 3.46. The van der Waals surface area contributed by atoms with Crippen molar-refractivity contribution >= 4 is 27.8 Å². The summed E-state index contributed by atoms with van der Waals surface area (Å²) in [5.41, 5.74) is 1.18. The topological polar surface area (TPSA) is 70.7 Å². The third-order valence-electron chi connectivity index (χ3n) is 2.93. The molecule has 3 rings (SSSR count). The van der Waals surface area contributed by atoms with E-state index in [1.54, 1.807) is 36.4 Å². The highest BCUT2D eigenvalue weighted by Crippen LogP contribution is 2.17. The summed E-state index contributed by atoms with van der Waals surface area (Å²) in [5, 5.41) is 9.23. The summed E-state index contributed by atoms with van der Waals surface area (Å²) < 4.78 is 13.8. The van der Waals surface area contributed by atoms with Crippen LogP contribution < -0.4 is 5.32 Å². The van der Waals surface area contributed by atoms with Crippen molar-refractivity contribution in [2.24, 2.45) is 0 Å². The van der Waals surface area contributed by atoms with E-state index >= 15 is 0 Å². The maximum absolute atomic E-state index is 12.9. The monoisotopic (exact) mass is 360 g/mol. The second-order valence-electron chi connectivity index (χ2n) is 4.48. The number of aromatic nitrogens is 3. The zero-order chi connectivity index (χ0) is 15.5. The van der Waals surface area contributed by atoms with Gasteiger partial charge in [0.05, 0.1) is 0 Å². The lowest BCUT2D eigenvalue weighted by Gasteiger charge is -2.00. The number of aromatic amines is 1. The average Bonchev–Trinajstić information content (AvgIpc) is 2.97. The van der Waals surface area contributed by atoms with Gasteiger partial charge in [-0.2, -0.15) is 4.98 Å². The molecule has 5 nitrogen and oxygen atoms in total. The fraction of sp³-hybridized carbons (Fsp3) is 0. The summed E-state index contributed by atoms with van der Waals surface area (Å²) in [4.78, 5) is 16.2. The molecule has 22 heavy (non-hydrogen) atoms. The summed E-state index contributed by atoms with van der Waals surface area (Å²) in [6.45, 7) is 0. The SMILES string of the molecule is O=C(Nc1n[nH]c(-c2ccc(F)cc2)n1)c1ccc(Br)cc1. The number of benzene rings is 2. The van der Waals surface area contributed by atoms with E-state index in [1.165, 1.54) is 12.1 Å². The van der Waals surface area contributed by atoms with Crippen LogP contribution in [0, 0.1) is 5.82 Å². The first-order valence-corrected chi connectivity index (χ1v) is 7.16. The Balaban J connectivity index is 1.75. The van der Waals surface area contributed by atoms with Gasteiger partial charge in [0.25, 0.3) is 5.91 Å². The predicted octanol–water partition coefficient (Wildman–Crippen LogP) is 3.63. The van der Waals surface area contributed by atoms with E-state index in [-0.39, 0.29) is 17.7 Å². The van der Waals surface area contributed by atoms with Gasteiger partial charge < -0.3 is 0 Å². The molecule has 0 aliphatic rings. The van der Waals surface area contributed by atoms with Gasteiger partial charge >= 0.3 is 0 Å². The van der Waals surface area contributed by atoms with Crippen molar-refractivity contribution in [2.75, 3.05) is 5.32 Å². The Morgan fingerprint density at radius 1 is 1.09 bits per heavy atom. The molecular formula is C15H10BrFN4O. The maximum Gasteiger partial charge on any atom is 0.258 e. The Hall–Kier alpha value is -2.54. The standard InChI is InChI=1S/C15H10BrFN4O/c16-11-5-1-10(2-6-11)14(22)19-15-18-13(20-21-15)9-3-7-12(17)8-4-9/h1-8H,(H2,18,19,20,21,22). The van der Waals surface area contributed by atoms with Crippen LogP contribution in [-0.4, -0.2) is 21.1 Å². The number of rotatable bonds is 3. The second-order valence-corrected chi connectivity index (χ2v) is 5.39. The van der Waals surface area contributed by atoms with Gasteiger partial charge in [-0.1, -0.05) is 15.9 Å². The Labute approximate surface area is 133 Å². The molecule has 0 saturated heterocycles. The van der Waals surface area contributed by atoms with E-state index in [9.17, 15) is 9.18 Å². The summed E-state index contributed by atoms with van der Waals surface area (Å²) in [6.07, 6.45) is 0. The van der Waals surface area contributed by atoms with Crippen molar-refractivity contribution in [2.45, 2.75) is 0 Å². The predicted molar refractivity (Wildman–Crippen MR) is 83.9 cm³/mol. The zero-order valence-corrected chi connectivity index (χ0v) is 12.8. The smallest absolute Gasteiger partial charge is 0.258 e. The number of H-pyrrole nitrogens is 1. The molecule has 0 radical (unpaired) electrons. The zero-order valence-electron chi connectivity index (χ0n) is 11.2. The average molecular weight is 361 g/mol. The van der Waals surface area contributed by atoms with Crippen LogP contribution in [0.1, 0.15) is 10.4 Å². The highest BCUT2D eigenvalue weighted by molar-refractivity contribution is 9.10. The lowest BCUT2D eigenvalue weighted by molar-refractivity contribution is 0.102. The summed E-state index contributed by atoms with van der Waals surface area (Å²) in [5.74, 6) is -0.0254. The van der Waals surface area contributed by atoms with E-state index in [4.69, 9.17) is 0 Å². The first-order valence-electron chi connectivity index (χ1n) is 6.37. The molecule has 2 aromatic carbocycles. The second kappa shape index (κ2) is 6.07. The highest BCUT2D eigenvalue weighted by atomic mass is 79.9. The van der Waals surface area contributed by atoms with E-state index in [1.807, 2.05) is 0 Å². The van der Waals surface area contributed by atoms with Crippen LogP contribution in [0.3, 0.4) is 0 Å². The van der Waals surface area contributed by atoms with Crippen molar-refractivity contribution in [3.63, 3.8) is 0 Å². The van der Waals surface area contributed by atoms with Crippen molar-refractivity contribution in [1.82, 2.24) is 15.2 Å². The number of nitrogens with zero attached hydrogens (tertiary/aromatic N) is 2. The molecule has 1 heterocycles. The van der Waals surface area contributed by atoms with Gasteiger partial charge in [0.15, 0.2) is 5.82 Å². The normalized spacial score (nSPS) is 10.5. The van der Waals surface area contributed by atoms with Crippen LogP contribution in [0.15, 0.2) is 53.0 Å². The van der Waals surface area contributed by atoms with Crippen LogP contribution in [0.5, 0.6) is 0 Å². The number of nitrogens with one attached hydrogen (secondary N) is 2. The molecule has 0 bridgehead atoms. The molecule has 0 aliphatic carbocycles. The fourth-order valence-corrected chi connectivity index (χ4v) is 2.09. The summed E-state index contributed by atoms with van der Waals surface area (Å²) >= 11 is 3.31. The third kappa shape index (κ3) is 3.20. The number of hydrogen-bond donors (Lipinski definition) is 2. The molecule has 0 aliphatic heterocycles. The van der Waals surface area contributed by atoms with E-state index in [0.29, 0.717) is 17.0 Å². The number of amides is 1. The van der Waals surface area contributed by atoms with Crippen LogP contribution in [-0.2, 0) is 0 Å². The molecule has 1 aromatic heterocycles. The molecule has 2 N–H and O–H groups in total. The maximum atomic E-state index is 12.9. The van der Waals surface area contributed by atoms with Gasteiger partial charge in [0.2, 0.25) is 5.95 Å². The van der Waals surface area contributed by atoms with Crippen molar-refractivity contribution in [3.05, 3.63) is 64.4 Å². The minimum atomic E-state index is -0.327. The van der Waals surface area contributed by atoms with E-state index < -0.39 is 0 Å². The number of hydrogen-bond acceptors (Lipinski definition) is 3. The minimum Gasteiger partial charge on any atom is -0.289 e. The molecular weight excluding hydrogens is 351 g/mol. The molecule has 0 saturated carbocycles. The first-order chi connectivity index (χ1) is 10.6. The lowest BCUT2D eigenvalue weighted by Crippen LogP contribution is -2.12. The van der Waals surface area contributed by atoms with Gasteiger partial charge in [-0.15, -0.1) is 5.10 Å². The van der Waals surface area contributed by atoms with Crippen molar-refractivity contribution in [1.29, 1.82) is 0 Å². The van der Waals surface area contributed by atoms with Crippen LogP contribution >= 0.6 is 15.9 Å². The Bertz CT molecular complexity index is 799. The number of carbonyl (C=O) groups excluding carboxylic acids is 1. The largest absolute Gasteiger partial charge is 0.289 e. The molecule has 0 fully saturated rings. The van der Waals surface area contributed by atoms with Gasteiger partial charge in [-0.3, -0.25) is 15.2 Å². The number of carbonyl (C=O) groups is 1. The number of halogens is 2. The highest BCUT2D eigenvalue weighted by Gasteiger charge is 2.10. The minimum absolute atomic E-state index is 0.159. The molecule has 0 spiro atoms. The summed E-state index contributed by atoms with van der Waals surface area (Å²) in [7, 11) is 0. The van der Waals surface area contributed by atoms with Gasteiger partial charge in [-0.05, 0) is 48.5 Å². The molecule has 7 heteroatoms. The fourth-order valence-electron chi connectivity index (χ4n) is 1.83. The van der Waals surface area contributed by atoms with E-state index in [0.717, 1.165) is 4.47 Å². The van der Waals surface area contributed by atoms with Gasteiger partial charge in [-0.25, -0.2) is 4.39 Å². The van der Waals surface area contributed by atoms with Gasteiger partial charge in [0, 0.05) is 15.6 Å². The molecule has 0 atom stereocenters.